The van der Waals surface area contributed by atoms with E-state index in [0.717, 1.165) is 5.56 Å². The summed E-state index contributed by atoms with van der Waals surface area (Å²) in [5.74, 6) is 0.294. The first-order chi connectivity index (χ1) is 9.56. The van der Waals surface area contributed by atoms with Crippen LogP contribution < -0.4 is 9.47 Å². The van der Waals surface area contributed by atoms with Crippen LogP contribution in [-0.2, 0) is 0 Å². The number of hydrogen-bond donors (Lipinski definition) is 1. The van der Waals surface area contributed by atoms with Crippen molar-refractivity contribution in [3.63, 3.8) is 0 Å². The van der Waals surface area contributed by atoms with Gasteiger partial charge in [-0.05, 0) is 31.2 Å². The number of hydrogen-bond acceptors (Lipinski definition) is 3. The second kappa shape index (κ2) is 5.65. The van der Waals surface area contributed by atoms with Crippen molar-refractivity contribution in [2.75, 3.05) is 14.2 Å². The van der Waals surface area contributed by atoms with E-state index in [0.29, 0.717) is 22.6 Å². The van der Waals surface area contributed by atoms with E-state index < -0.39 is 5.97 Å². The molecule has 0 saturated heterocycles. The van der Waals surface area contributed by atoms with Gasteiger partial charge in [0.25, 0.3) is 0 Å². The van der Waals surface area contributed by atoms with Crippen molar-refractivity contribution in [2.24, 2.45) is 0 Å². The van der Waals surface area contributed by atoms with Gasteiger partial charge < -0.3 is 14.6 Å². The lowest BCUT2D eigenvalue weighted by atomic mass is 9.96. The van der Waals surface area contributed by atoms with Crippen LogP contribution in [0.1, 0.15) is 15.9 Å². The number of carboxylic acids is 1. The monoisotopic (exact) mass is 272 g/mol. The first kappa shape index (κ1) is 13.9. The lowest BCUT2D eigenvalue weighted by Gasteiger charge is -2.13. The molecular formula is C16H16O4. The van der Waals surface area contributed by atoms with E-state index in [-0.39, 0.29) is 5.56 Å². The zero-order chi connectivity index (χ0) is 14.7. The number of carbonyl (C=O) groups is 1. The Morgan fingerprint density at radius 2 is 1.75 bits per heavy atom. The Bertz CT molecular complexity index is 647. The summed E-state index contributed by atoms with van der Waals surface area (Å²) in [5, 5.41) is 9.34. The average Bonchev–Trinajstić information content (AvgIpc) is 2.46. The van der Waals surface area contributed by atoms with E-state index in [4.69, 9.17) is 9.47 Å². The lowest BCUT2D eigenvalue weighted by Crippen LogP contribution is -2.01. The molecule has 0 spiro atoms. The maximum Gasteiger partial charge on any atom is 0.336 e. The van der Waals surface area contributed by atoms with Crippen molar-refractivity contribution < 1.29 is 19.4 Å². The van der Waals surface area contributed by atoms with Crippen LogP contribution in [0.2, 0.25) is 0 Å². The van der Waals surface area contributed by atoms with E-state index >= 15 is 0 Å². The Balaban J connectivity index is 2.72. The highest BCUT2D eigenvalue weighted by Crippen LogP contribution is 2.35. The molecule has 20 heavy (non-hydrogen) atoms. The zero-order valence-corrected chi connectivity index (χ0v) is 11.6. The van der Waals surface area contributed by atoms with Crippen LogP contribution in [0.15, 0.2) is 36.4 Å². The van der Waals surface area contributed by atoms with Gasteiger partial charge in [-0.1, -0.05) is 17.7 Å². The van der Waals surface area contributed by atoms with E-state index in [1.807, 2.05) is 13.0 Å². The summed E-state index contributed by atoms with van der Waals surface area (Å²) in [6.45, 7) is 1.92. The number of rotatable bonds is 4. The van der Waals surface area contributed by atoms with Crippen molar-refractivity contribution in [1.29, 1.82) is 0 Å². The van der Waals surface area contributed by atoms with Gasteiger partial charge in [0, 0.05) is 11.1 Å². The van der Waals surface area contributed by atoms with Crippen molar-refractivity contribution in [3.8, 4) is 22.6 Å². The highest BCUT2D eigenvalue weighted by atomic mass is 16.5. The average molecular weight is 272 g/mol. The second-order valence-electron chi connectivity index (χ2n) is 4.42. The first-order valence-electron chi connectivity index (χ1n) is 6.13. The number of ether oxygens (including phenoxy) is 2. The summed E-state index contributed by atoms with van der Waals surface area (Å²) in [6, 6.07) is 10.5. The number of methoxy groups -OCH3 is 2. The Kier molecular flexibility index (Phi) is 3.94. The molecule has 4 nitrogen and oxygen atoms in total. The van der Waals surface area contributed by atoms with Crippen molar-refractivity contribution in [1.82, 2.24) is 0 Å². The molecule has 0 atom stereocenters. The standard InChI is InChI=1S/C16H16O4/c1-10-4-6-12(16(17)18)13(8-10)14-9-11(19-2)5-7-15(14)20-3/h4-9H,1-3H3,(H,17,18). The van der Waals surface area contributed by atoms with Crippen LogP contribution in [0.25, 0.3) is 11.1 Å². The van der Waals surface area contributed by atoms with Crippen LogP contribution in [0.3, 0.4) is 0 Å². The number of benzene rings is 2. The normalized spacial score (nSPS) is 10.2. The van der Waals surface area contributed by atoms with E-state index in [1.165, 1.54) is 0 Å². The van der Waals surface area contributed by atoms with Gasteiger partial charge in [-0.3, -0.25) is 0 Å². The maximum absolute atomic E-state index is 11.4. The minimum Gasteiger partial charge on any atom is -0.497 e. The molecule has 0 saturated carbocycles. The molecule has 1 N–H and O–H groups in total. The molecular weight excluding hydrogens is 256 g/mol. The third kappa shape index (κ3) is 2.59. The maximum atomic E-state index is 11.4. The summed E-state index contributed by atoms with van der Waals surface area (Å²) in [4.78, 5) is 11.4. The quantitative estimate of drug-likeness (QED) is 0.927. The Morgan fingerprint density at radius 3 is 2.35 bits per heavy atom. The molecule has 104 valence electrons. The largest absolute Gasteiger partial charge is 0.497 e. The van der Waals surface area contributed by atoms with Gasteiger partial charge in [-0.25, -0.2) is 4.79 Å². The molecule has 2 aromatic carbocycles. The summed E-state index contributed by atoms with van der Waals surface area (Å²) in [5.41, 5.74) is 2.54. The van der Waals surface area contributed by atoms with Gasteiger partial charge in [0.15, 0.2) is 0 Å². The van der Waals surface area contributed by atoms with Gasteiger partial charge in [-0.15, -0.1) is 0 Å². The molecule has 2 aromatic rings. The molecule has 4 heteroatoms. The van der Waals surface area contributed by atoms with Crippen LogP contribution >= 0.6 is 0 Å². The topological polar surface area (TPSA) is 55.8 Å². The Labute approximate surface area is 117 Å². The Hall–Kier alpha value is -2.49. The molecule has 0 aromatic heterocycles. The predicted molar refractivity (Wildman–Crippen MR) is 76.7 cm³/mol. The third-order valence-electron chi connectivity index (χ3n) is 3.10. The van der Waals surface area contributed by atoms with Crippen molar-refractivity contribution in [2.45, 2.75) is 6.92 Å². The summed E-state index contributed by atoms with van der Waals surface area (Å²) in [6.07, 6.45) is 0. The predicted octanol–water partition coefficient (Wildman–Crippen LogP) is 3.38. The van der Waals surface area contributed by atoms with Crippen LogP contribution in [0.4, 0.5) is 0 Å². The number of carboxylic acid groups (broad SMARTS) is 1. The highest BCUT2D eigenvalue weighted by molar-refractivity contribution is 5.97. The molecule has 2 rings (SSSR count). The van der Waals surface area contributed by atoms with E-state index in [2.05, 4.69) is 0 Å². The fraction of sp³-hybridized carbons (Fsp3) is 0.188. The van der Waals surface area contributed by atoms with Gasteiger partial charge in [-0.2, -0.15) is 0 Å². The summed E-state index contributed by atoms with van der Waals surface area (Å²) >= 11 is 0. The highest BCUT2D eigenvalue weighted by Gasteiger charge is 2.16. The first-order valence-corrected chi connectivity index (χ1v) is 6.13. The van der Waals surface area contributed by atoms with Crippen LogP contribution in [0.5, 0.6) is 11.5 Å². The van der Waals surface area contributed by atoms with E-state index in [1.54, 1.807) is 44.6 Å². The Morgan fingerprint density at radius 1 is 1.00 bits per heavy atom. The molecule has 0 unspecified atom stereocenters. The minimum absolute atomic E-state index is 0.238. The summed E-state index contributed by atoms with van der Waals surface area (Å²) < 4.78 is 10.5. The second-order valence-corrected chi connectivity index (χ2v) is 4.42. The molecule has 0 heterocycles. The van der Waals surface area contributed by atoms with E-state index in [9.17, 15) is 9.90 Å². The molecule has 0 aliphatic carbocycles. The third-order valence-corrected chi connectivity index (χ3v) is 3.10. The van der Waals surface area contributed by atoms with Crippen molar-refractivity contribution in [3.05, 3.63) is 47.5 Å². The van der Waals surface area contributed by atoms with Gasteiger partial charge in [0.05, 0.1) is 19.8 Å². The fourth-order valence-corrected chi connectivity index (χ4v) is 2.09. The number of aryl methyl sites for hydroxylation is 1. The van der Waals surface area contributed by atoms with Gasteiger partial charge in [0.1, 0.15) is 11.5 Å². The SMILES string of the molecule is COc1ccc(OC)c(-c2cc(C)ccc2C(=O)O)c1. The fourth-order valence-electron chi connectivity index (χ4n) is 2.09. The molecule has 0 aliphatic rings. The van der Waals surface area contributed by atoms with Gasteiger partial charge in [0.2, 0.25) is 0 Å². The van der Waals surface area contributed by atoms with Crippen molar-refractivity contribution >= 4 is 5.97 Å². The molecule has 0 fully saturated rings. The molecule has 0 amide bonds. The molecule has 0 bridgehead atoms. The minimum atomic E-state index is -0.968. The number of aromatic carboxylic acids is 1. The molecule has 0 radical (unpaired) electrons. The zero-order valence-electron chi connectivity index (χ0n) is 11.6. The summed E-state index contributed by atoms with van der Waals surface area (Å²) in [7, 11) is 3.13. The van der Waals surface area contributed by atoms with Crippen LogP contribution in [0, 0.1) is 6.92 Å². The van der Waals surface area contributed by atoms with Gasteiger partial charge >= 0.3 is 5.97 Å². The molecule has 0 aliphatic heterocycles. The smallest absolute Gasteiger partial charge is 0.336 e. The van der Waals surface area contributed by atoms with Crippen LogP contribution in [-0.4, -0.2) is 25.3 Å². The lowest BCUT2D eigenvalue weighted by molar-refractivity contribution is 0.0697.